The molecule has 0 aromatic heterocycles. The lowest BCUT2D eigenvalue weighted by Crippen LogP contribution is -2.32. The fourth-order valence-corrected chi connectivity index (χ4v) is 3.69. The SMILES string of the molecule is CC1CC(C)CC(C(Cc2ccccc2F)C(=O)O)C1. The molecular formula is C17H23FO2. The first-order valence-electron chi connectivity index (χ1n) is 7.43. The van der Waals surface area contributed by atoms with Gasteiger partial charge < -0.3 is 5.11 Å². The second kappa shape index (κ2) is 6.38. The predicted octanol–water partition coefficient (Wildman–Crippen LogP) is 4.14. The van der Waals surface area contributed by atoms with Crippen LogP contribution in [0.3, 0.4) is 0 Å². The van der Waals surface area contributed by atoms with Gasteiger partial charge >= 0.3 is 5.97 Å². The summed E-state index contributed by atoms with van der Waals surface area (Å²) >= 11 is 0. The van der Waals surface area contributed by atoms with Crippen molar-refractivity contribution in [2.75, 3.05) is 0 Å². The van der Waals surface area contributed by atoms with Crippen molar-refractivity contribution in [1.82, 2.24) is 0 Å². The summed E-state index contributed by atoms with van der Waals surface area (Å²) in [5, 5.41) is 9.53. The molecule has 3 atom stereocenters. The maximum Gasteiger partial charge on any atom is 0.307 e. The monoisotopic (exact) mass is 278 g/mol. The molecule has 1 saturated carbocycles. The van der Waals surface area contributed by atoms with Gasteiger partial charge in [0, 0.05) is 0 Å². The Morgan fingerprint density at radius 3 is 2.40 bits per heavy atom. The number of halogens is 1. The molecule has 1 N–H and O–H groups in total. The van der Waals surface area contributed by atoms with E-state index in [1.807, 2.05) is 0 Å². The van der Waals surface area contributed by atoms with Crippen LogP contribution in [0, 0.1) is 29.5 Å². The van der Waals surface area contributed by atoms with E-state index in [1.165, 1.54) is 12.5 Å². The van der Waals surface area contributed by atoms with E-state index in [9.17, 15) is 14.3 Å². The molecule has 0 amide bonds. The summed E-state index contributed by atoms with van der Waals surface area (Å²) in [7, 11) is 0. The summed E-state index contributed by atoms with van der Waals surface area (Å²) in [6.07, 6.45) is 3.35. The number of carboxylic acid groups (broad SMARTS) is 1. The summed E-state index contributed by atoms with van der Waals surface area (Å²) in [6, 6.07) is 6.50. The maximum absolute atomic E-state index is 13.7. The molecule has 2 nitrogen and oxygen atoms in total. The highest BCUT2D eigenvalue weighted by Crippen LogP contribution is 2.38. The van der Waals surface area contributed by atoms with Gasteiger partial charge in [-0.3, -0.25) is 4.79 Å². The predicted molar refractivity (Wildman–Crippen MR) is 76.9 cm³/mol. The van der Waals surface area contributed by atoms with Gasteiger partial charge in [0.05, 0.1) is 5.92 Å². The van der Waals surface area contributed by atoms with E-state index in [-0.39, 0.29) is 11.7 Å². The van der Waals surface area contributed by atoms with Crippen LogP contribution in [0.2, 0.25) is 0 Å². The topological polar surface area (TPSA) is 37.3 Å². The number of carboxylic acids is 1. The summed E-state index contributed by atoms with van der Waals surface area (Å²) in [4.78, 5) is 11.6. The zero-order valence-electron chi connectivity index (χ0n) is 12.2. The Bertz CT molecular complexity index is 462. The summed E-state index contributed by atoms with van der Waals surface area (Å²) in [5.74, 6) is -0.282. The molecule has 1 fully saturated rings. The van der Waals surface area contributed by atoms with Crippen molar-refractivity contribution in [2.45, 2.75) is 39.5 Å². The van der Waals surface area contributed by atoms with Crippen LogP contribution in [0.1, 0.15) is 38.7 Å². The molecule has 0 bridgehead atoms. The van der Waals surface area contributed by atoms with Gasteiger partial charge in [-0.2, -0.15) is 0 Å². The Balaban J connectivity index is 2.15. The number of benzene rings is 1. The third-order valence-electron chi connectivity index (χ3n) is 4.50. The highest BCUT2D eigenvalue weighted by molar-refractivity contribution is 5.70. The fraction of sp³-hybridized carbons (Fsp3) is 0.588. The quantitative estimate of drug-likeness (QED) is 0.898. The van der Waals surface area contributed by atoms with Gasteiger partial charge in [-0.15, -0.1) is 0 Å². The Morgan fingerprint density at radius 2 is 1.85 bits per heavy atom. The first-order valence-corrected chi connectivity index (χ1v) is 7.43. The highest BCUT2D eigenvalue weighted by atomic mass is 19.1. The van der Waals surface area contributed by atoms with Gasteiger partial charge in [0.1, 0.15) is 5.82 Å². The molecule has 0 radical (unpaired) electrons. The van der Waals surface area contributed by atoms with Crippen molar-refractivity contribution >= 4 is 5.97 Å². The van der Waals surface area contributed by atoms with Crippen LogP contribution in [-0.2, 0) is 11.2 Å². The van der Waals surface area contributed by atoms with Gasteiger partial charge in [-0.25, -0.2) is 4.39 Å². The van der Waals surface area contributed by atoms with Crippen molar-refractivity contribution in [3.63, 3.8) is 0 Å². The normalized spacial score (nSPS) is 28.1. The zero-order chi connectivity index (χ0) is 14.7. The molecule has 1 aliphatic carbocycles. The number of aliphatic carboxylic acids is 1. The van der Waals surface area contributed by atoms with Gasteiger partial charge in [0.2, 0.25) is 0 Å². The number of hydrogen-bond donors (Lipinski definition) is 1. The van der Waals surface area contributed by atoms with Crippen LogP contribution >= 0.6 is 0 Å². The van der Waals surface area contributed by atoms with Gasteiger partial charge in [-0.1, -0.05) is 32.0 Å². The average molecular weight is 278 g/mol. The lowest BCUT2D eigenvalue weighted by atomic mass is 9.70. The fourth-order valence-electron chi connectivity index (χ4n) is 3.69. The lowest BCUT2D eigenvalue weighted by molar-refractivity contribution is -0.144. The molecule has 1 aromatic carbocycles. The smallest absolute Gasteiger partial charge is 0.307 e. The van der Waals surface area contributed by atoms with E-state index < -0.39 is 11.9 Å². The van der Waals surface area contributed by atoms with E-state index in [1.54, 1.807) is 18.2 Å². The minimum atomic E-state index is -0.792. The third-order valence-corrected chi connectivity index (χ3v) is 4.50. The van der Waals surface area contributed by atoms with Crippen molar-refractivity contribution in [3.05, 3.63) is 35.6 Å². The van der Waals surface area contributed by atoms with Gasteiger partial charge in [0.15, 0.2) is 0 Å². The number of hydrogen-bond acceptors (Lipinski definition) is 1. The highest BCUT2D eigenvalue weighted by Gasteiger charge is 2.34. The summed E-state index contributed by atoms with van der Waals surface area (Å²) in [6.45, 7) is 4.37. The minimum absolute atomic E-state index is 0.158. The molecule has 1 aromatic rings. The van der Waals surface area contributed by atoms with Crippen molar-refractivity contribution in [1.29, 1.82) is 0 Å². The lowest BCUT2D eigenvalue weighted by Gasteiger charge is -2.35. The molecule has 0 saturated heterocycles. The first kappa shape index (κ1) is 15.0. The molecular weight excluding hydrogens is 255 g/mol. The van der Waals surface area contributed by atoms with Crippen LogP contribution in [-0.4, -0.2) is 11.1 Å². The van der Waals surface area contributed by atoms with Crippen LogP contribution in [0.25, 0.3) is 0 Å². The molecule has 3 heteroatoms. The standard InChI is InChI=1S/C17H23FO2/c1-11-7-12(2)9-14(8-11)15(17(19)20)10-13-5-3-4-6-16(13)18/h3-6,11-12,14-15H,7-10H2,1-2H3,(H,19,20). The molecule has 0 aliphatic heterocycles. The third kappa shape index (κ3) is 3.59. The van der Waals surface area contributed by atoms with Crippen LogP contribution < -0.4 is 0 Å². The summed E-state index contributed by atoms with van der Waals surface area (Å²) in [5.41, 5.74) is 0.519. The van der Waals surface area contributed by atoms with E-state index in [4.69, 9.17) is 0 Å². The summed E-state index contributed by atoms with van der Waals surface area (Å²) < 4.78 is 13.7. The van der Waals surface area contributed by atoms with E-state index >= 15 is 0 Å². The van der Waals surface area contributed by atoms with Gasteiger partial charge in [0.25, 0.3) is 0 Å². The minimum Gasteiger partial charge on any atom is -0.481 e. The van der Waals surface area contributed by atoms with Crippen molar-refractivity contribution in [3.8, 4) is 0 Å². The molecule has 1 aliphatic rings. The van der Waals surface area contributed by atoms with Crippen molar-refractivity contribution < 1.29 is 14.3 Å². The molecule has 20 heavy (non-hydrogen) atoms. The van der Waals surface area contributed by atoms with E-state index in [0.29, 0.717) is 23.8 Å². The molecule has 2 rings (SSSR count). The Hall–Kier alpha value is -1.38. The van der Waals surface area contributed by atoms with Crippen molar-refractivity contribution in [2.24, 2.45) is 23.7 Å². The Morgan fingerprint density at radius 1 is 1.25 bits per heavy atom. The second-order valence-electron chi connectivity index (χ2n) is 6.42. The van der Waals surface area contributed by atoms with E-state index in [0.717, 1.165) is 12.8 Å². The van der Waals surface area contributed by atoms with Gasteiger partial charge in [-0.05, 0) is 55.1 Å². The average Bonchev–Trinajstić information content (AvgIpc) is 2.36. The second-order valence-corrected chi connectivity index (χ2v) is 6.42. The Kier molecular flexibility index (Phi) is 4.79. The molecule has 110 valence electrons. The van der Waals surface area contributed by atoms with Crippen LogP contribution in [0.4, 0.5) is 4.39 Å². The molecule has 3 unspecified atom stereocenters. The van der Waals surface area contributed by atoms with Crippen LogP contribution in [0.5, 0.6) is 0 Å². The van der Waals surface area contributed by atoms with Crippen LogP contribution in [0.15, 0.2) is 24.3 Å². The molecule has 0 heterocycles. The zero-order valence-corrected chi connectivity index (χ0v) is 12.2. The largest absolute Gasteiger partial charge is 0.481 e. The maximum atomic E-state index is 13.7. The number of carbonyl (C=O) groups is 1. The molecule has 0 spiro atoms. The van der Waals surface area contributed by atoms with E-state index in [2.05, 4.69) is 13.8 Å². The first-order chi connectivity index (χ1) is 9.47. The number of rotatable bonds is 4. The Labute approximate surface area is 120 Å².